The first-order chi connectivity index (χ1) is 12.0. The van der Waals surface area contributed by atoms with Crippen LogP contribution in [0.15, 0.2) is 47.6 Å². The summed E-state index contributed by atoms with van der Waals surface area (Å²) >= 11 is 0. The van der Waals surface area contributed by atoms with Crippen LogP contribution in [0.3, 0.4) is 0 Å². The van der Waals surface area contributed by atoms with Gasteiger partial charge in [-0.05, 0) is 57.2 Å². The van der Waals surface area contributed by atoms with Gasteiger partial charge >= 0.3 is 0 Å². The van der Waals surface area contributed by atoms with E-state index in [0.717, 1.165) is 5.56 Å². The zero-order valence-corrected chi connectivity index (χ0v) is 14.6. The van der Waals surface area contributed by atoms with E-state index in [1.165, 1.54) is 12.1 Å². The largest absolute Gasteiger partial charge is 0.508 e. The number of hydrazone groups is 1. The molecule has 0 heterocycles. The molecule has 132 valence electrons. The summed E-state index contributed by atoms with van der Waals surface area (Å²) in [7, 11) is 0. The molecule has 2 aromatic rings. The van der Waals surface area contributed by atoms with E-state index in [0.29, 0.717) is 36.0 Å². The van der Waals surface area contributed by atoms with Crippen molar-refractivity contribution in [3.8, 4) is 17.2 Å². The highest BCUT2D eigenvalue weighted by Gasteiger charge is 2.09. The average molecular weight is 342 g/mol. The lowest BCUT2D eigenvalue weighted by Gasteiger charge is -2.12. The number of phenols is 1. The monoisotopic (exact) mass is 342 g/mol. The van der Waals surface area contributed by atoms with Crippen LogP contribution >= 0.6 is 0 Å². The fraction of sp³-hybridized carbons (Fsp3) is 0.263. The molecule has 0 radical (unpaired) electrons. The van der Waals surface area contributed by atoms with Crippen molar-refractivity contribution in [2.75, 3.05) is 13.2 Å². The first-order valence-corrected chi connectivity index (χ1v) is 8.08. The Morgan fingerprint density at radius 1 is 1.04 bits per heavy atom. The number of benzene rings is 2. The maximum Gasteiger partial charge on any atom is 0.271 e. The van der Waals surface area contributed by atoms with Gasteiger partial charge in [0.25, 0.3) is 5.91 Å². The molecule has 0 aromatic heterocycles. The van der Waals surface area contributed by atoms with E-state index in [9.17, 15) is 9.90 Å². The fourth-order valence-electron chi connectivity index (χ4n) is 2.19. The lowest BCUT2D eigenvalue weighted by Crippen LogP contribution is -2.19. The number of hydrogen-bond donors (Lipinski definition) is 2. The Kier molecular flexibility index (Phi) is 6.39. The minimum Gasteiger partial charge on any atom is -0.508 e. The molecule has 0 saturated carbocycles. The Bertz CT molecular complexity index is 772. The molecule has 2 rings (SSSR count). The van der Waals surface area contributed by atoms with Crippen LogP contribution in [0.1, 0.15) is 36.7 Å². The van der Waals surface area contributed by atoms with Crippen LogP contribution in [-0.4, -0.2) is 29.9 Å². The Hall–Kier alpha value is -3.02. The smallest absolute Gasteiger partial charge is 0.271 e. The first kappa shape index (κ1) is 18.3. The van der Waals surface area contributed by atoms with Gasteiger partial charge in [0, 0.05) is 11.1 Å². The van der Waals surface area contributed by atoms with E-state index < -0.39 is 5.91 Å². The second-order valence-corrected chi connectivity index (χ2v) is 5.22. The van der Waals surface area contributed by atoms with Gasteiger partial charge in [0.05, 0.1) is 18.9 Å². The van der Waals surface area contributed by atoms with Gasteiger partial charge in [-0.3, -0.25) is 4.79 Å². The van der Waals surface area contributed by atoms with E-state index in [1.54, 1.807) is 19.1 Å². The lowest BCUT2D eigenvalue weighted by atomic mass is 10.1. The highest BCUT2D eigenvalue weighted by Crippen LogP contribution is 2.28. The third kappa shape index (κ3) is 4.97. The number of carbonyl (C=O) groups excluding carboxylic acids is 1. The predicted octanol–water partition coefficient (Wildman–Crippen LogP) is 3.34. The summed E-state index contributed by atoms with van der Waals surface area (Å²) in [6.45, 7) is 6.67. The SMILES string of the molecule is CCOc1ccc(/C(C)=N\NC(=O)c2cccc(O)c2)cc1OCC. The Morgan fingerprint density at radius 2 is 1.76 bits per heavy atom. The number of nitrogens with zero attached hydrogens (tertiary/aromatic N) is 1. The number of aromatic hydroxyl groups is 1. The van der Waals surface area contributed by atoms with Crippen molar-refractivity contribution in [3.05, 3.63) is 53.6 Å². The normalized spacial score (nSPS) is 11.1. The van der Waals surface area contributed by atoms with E-state index in [1.807, 2.05) is 32.0 Å². The number of hydrogen-bond acceptors (Lipinski definition) is 5. The second kappa shape index (κ2) is 8.73. The third-order valence-electron chi connectivity index (χ3n) is 3.39. The highest BCUT2D eigenvalue weighted by molar-refractivity contribution is 6.01. The molecule has 2 aromatic carbocycles. The molecule has 6 nitrogen and oxygen atoms in total. The Balaban J connectivity index is 2.15. The lowest BCUT2D eigenvalue weighted by molar-refractivity contribution is 0.0954. The van der Waals surface area contributed by atoms with Gasteiger partial charge in [-0.2, -0.15) is 5.10 Å². The molecule has 0 fully saturated rings. The van der Waals surface area contributed by atoms with Crippen LogP contribution in [0, 0.1) is 0 Å². The van der Waals surface area contributed by atoms with Crippen molar-refractivity contribution >= 4 is 11.6 Å². The molecule has 0 atom stereocenters. The number of rotatable bonds is 7. The minimum absolute atomic E-state index is 0.0289. The van der Waals surface area contributed by atoms with E-state index >= 15 is 0 Å². The van der Waals surface area contributed by atoms with Crippen molar-refractivity contribution in [2.45, 2.75) is 20.8 Å². The fourth-order valence-corrected chi connectivity index (χ4v) is 2.19. The van der Waals surface area contributed by atoms with Crippen molar-refractivity contribution in [1.29, 1.82) is 0 Å². The molecule has 2 N–H and O–H groups in total. The molecular weight excluding hydrogens is 320 g/mol. The van der Waals surface area contributed by atoms with Crippen molar-refractivity contribution < 1.29 is 19.4 Å². The van der Waals surface area contributed by atoms with Gasteiger partial charge in [0.2, 0.25) is 0 Å². The topological polar surface area (TPSA) is 80.2 Å². The highest BCUT2D eigenvalue weighted by atomic mass is 16.5. The first-order valence-electron chi connectivity index (χ1n) is 8.08. The van der Waals surface area contributed by atoms with Crippen LogP contribution in [0.2, 0.25) is 0 Å². The van der Waals surface area contributed by atoms with Gasteiger partial charge in [-0.1, -0.05) is 6.07 Å². The standard InChI is InChI=1S/C19H22N2O4/c1-4-24-17-10-9-14(12-18(17)25-5-2)13(3)20-21-19(23)15-7-6-8-16(22)11-15/h6-12,22H,4-5H2,1-3H3,(H,21,23)/b20-13-. The van der Waals surface area contributed by atoms with Gasteiger partial charge in [-0.15, -0.1) is 0 Å². The van der Waals surface area contributed by atoms with E-state index in [4.69, 9.17) is 9.47 Å². The summed E-state index contributed by atoms with van der Waals surface area (Å²) in [6.07, 6.45) is 0. The van der Waals surface area contributed by atoms with Crippen molar-refractivity contribution in [3.63, 3.8) is 0 Å². The summed E-state index contributed by atoms with van der Waals surface area (Å²) in [6, 6.07) is 11.6. The molecule has 0 unspecified atom stereocenters. The summed E-state index contributed by atoms with van der Waals surface area (Å²) in [5, 5.41) is 13.5. The molecule has 0 aliphatic carbocycles. The summed E-state index contributed by atoms with van der Waals surface area (Å²) in [5.74, 6) is 0.938. The third-order valence-corrected chi connectivity index (χ3v) is 3.39. The zero-order chi connectivity index (χ0) is 18.2. The molecule has 0 aliphatic rings. The Labute approximate surface area is 147 Å². The summed E-state index contributed by atoms with van der Waals surface area (Å²) < 4.78 is 11.1. The van der Waals surface area contributed by atoms with Crippen LogP contribution < -0.4 is 14.9 Å². The van der Waals surface area contributed by atoms with Gasteiger partial charge < -0.3 is 14.6 Å². The van der Waals surface area contributed by atoms with Crippen LogP contribution in [0.25, 0.3) is 0 Å². The maximum absolute atomic E-state index is 12.1. The number of carbonyl (C=O) groups is 1. The van der Waals surface area contributed by atoms with Crippen molar-refractivity contribution in [2.24, 2.45) is 5.10 Å². The molecular formula is C19H22N2O4. The second-order valence-electron chi connectivity index (χ2n) is 5.22. The van der Waals surface area contributed by atoms with Gasteiger partial charge in [0.1, 0.15) is 5.75 Å². The van der Waals surface area contributed by atoms with Crippen LogP contribution in [-0.2, 0) is 0 Å². The molecule has 0 spiro atoms. The predicted molar refractivity (Wildman–Crippen MR) is 96.6 cm³/mol. The van der Waals surface area contributed by atoms with Crippen LogP contribution in [0.5, 0.6) is 17.2 Å². The van der Waals surface area contributed by atoms with E-state index in [-0.39, 0.29) is 5.75 Å². The zero-order valence-electron chi connectivity index (χ0n) is 14.6. The number of phenolic OH excluding ortho intramolecular Hbond substituents is 1. The summed E-state index contributed by atoms with van der Waals surface area (Å²) in [4.78, 5) is 12.1. The molecule has 25 heavy (non-hydrogen) atoms. The Morgan fingerprint density at radius 3 is 2.44 bits per heavy atom. The number of ether oxygens (including phenoxy) is 2. The number of amides is 1. The number of nitrogens with one attached hydrogen (secondary N) is 1. The van der Waals surface area contributed by atoms with Crippen LogP contribution in [0.4, 0.5) is 0 Å². The van der Waals surface area contributed by atoms with Gasteiger partial charge in [0.15, 0.2) is 11.5 Å². The molecule has 6 heteroatoms. The molecule has 0 aliphatic heterocycles. The van der Waals surface area contributed by atoms with E-state index in [2.05, 4.69) is 10.5 Å². The minimum atomic E-state index is -0.397. The van der Waals surface area contributed by atoms with Crippen molar-refractivity contribution in [1.82, 2.24) is 5.43 Å². The maximum atomic E-state index is 12.1. The summed E-state index contributed by atoms with van der Waals surface area (Å²) in [5.41, 5.74) is 4.24. The molecule has 1 amide bonds. The average Bonchev–Trinajstić information content (AvgIpc) is 2.61. The molecule has 0 bridgehead atoms. The quantitative estimate of drug-likeness (QED) is 0.597. The van der Waals surface area contributed by atoms with Gasteiger partial charge in [-0.25, -0.2) is 5.43 Å². The molecule has 0 saturated heterocycles.